The van der Waals surface area contributed by atoms with Crippen LogP contribution in [0.2, 0.25) is 5.02 Å². The van der Waals surface area contributed by atoms with E-state index >= 15 is 0 Å². The lowest BCUT2D eigenvalue weighted by Gasteiger charge is -2.38. The number of carbonyl (C=O) groups excluding carboxylic acids is 5. The third-order valence-corrected chi connectivity index (χ3v) is 24.5. The van der Waals surface area contributed by atoms with Gasteiger partial charge in [-0.2, -0.15) is 13.2 Å². The summed E-state index contributed by atoms with van der Waals surface area (Å²) in [6, 6.07) is 30.2. The van der Waals surface area contributed by atoms with E-state index < -0.39 is 106 Å². The van der Waals surface area contributed by atoms with Crippen molar-refractivity contribution >= 4 is 101 Å². The normalized spacial score (nSPS) is 17.9. The van der Waals surface area contributed by atoms with Crippen molar-refractivity contribution in [3.8, 4) is 10.4 Å². The van der Waals surface area contributed by atoms with Gasteiger partial charge in [0.2, 0.25) is 17.7 Å². The van der Waals surface area contributed by atoms with E-state index in [1.807, 2.05) is 97.4 Å². The number of anilines is 2. The van der Waals surface area contributed by atoms with Crippen LogP contribution in [0.4, 0.5) is 29.3 Å². The Labute approximate surface area is 647 Å². The molecule has 0 unspecified atom stereocenters. The molecule has 109 heavy (non-hydrogen) atoms. The van der Waals surface area contributed by atoms with Crippen molar-refractivity contribution in [2.75, 3.05) is 147 Å². The highest BCUT2D eigenvalue weighted by molar-refractivity contribution is 7.99. The van der Waals surface area contributed by atoms with Gasteiger partial charge in [0, 0.05) is 111 Å². The summed E-state index contributed by atoms with van der Waals surface area (Å²) in [5.41, 5.74) is 1.37. The number of aromatic nitrogens is 1. The quantitative estimate of drug-likeness (QED) is 0.0189. The van der Waals surface area contributed by atoms with Gasteiger partial charge in [-0.1, -0.05) is 87.0 Å². The highest BCUT2D eigenvalue weighted by Crippen LogP contribution is 2.38. The molecule has 0 aliphatic carbocycles. The molecule has 0 saturated carbocycles. The number of piperazine rings is 1. The number of thioether (sulfide) groups is 1. The van der Waals surface area contributed by atoms with E-state index in [1.54, 1.807) is 54.7 Å². The Hall–Kier alpha value is -7.73. The zero-order chi connectivity index (χ0) is 78.0. The van der Waals surface area contributed by atoms with Gasteiger partial charge < -0.3 is 59.4 Å². The molecule has 5 heterocycles. The number of thiazole rings is 1. The molecule has 3 fully saturated rings. The third-order valence-electron chi connectivity index (χ3n) is 19.2. The van der Waals surface area contributed by atoms with Crippen molar-refractivity contribution in [3.05, 3.63) is 160 Å². The van der Waals surface area contributed by atoms with E-state index in [2.05, 4.69) is 35.6 Å². The summed E-state index contributed by atoms with van der Waals surface area (Å²) in [5, 5.41) is 20.1. The average Bonchev–Trinajstić information content (AvgIpc) is 1.24. The number of ether oxygens (including phenoxy) is 5. The van der Waals surface area contributed by atoms with Crippen LogP contribution in [-0.2, 0) is 57.9 Å². The van der Waals surface area contributed by atoms with E-state index in [0.29, 0.717) is 108 Å². The van der Waals surface area contributed by atoms with Crippen LogP contribution in [0, 0.1) is 12.3 Å². The summed E-state index contributed by atoms with van der Waals surface area (Å²) < 4.78 is 127. The molecule has 0 spiro atoms. The first-order valence-corrected chi connectivity index (χ1v) is 41.3. The number of halogens is 4. The highest BCUT2D eigenvalue weighted by atomic mass is 35.5. The lowest BCUT2D eigenvalue weighted by Crippen LogP contribution is -2.58. The zero-order valence-corrected chi connectivity index (χ0v) is 65.5. The Balaban J connectivity index is 0.641. The molecular formula is C76H94ClF3N10O15S4. The van der Waals surface area contributed by atoms with Crippen LogP contribution in [0.15, 0.2) is 147 Å². The zero-order valence-electron chi connectivity index (χ0n) is 61.5. The fourth-order valence-electron chi connectivity index (χ4n) is 13.2. The summed E-state index contributed by atoms with van der Waals surface area (Å²) in [7, 11) is -11.1. The monoisotopic (exact) mass is 1610 g/mol. The predicted octanol–water partition coefficient (Wildman–Crippen LogP) is 9.32. The second-order valence-electron chi connectivity index (χ2n) is 28.1. The maximum atomic E-state index is 14.4. The minimum atomic E-state index is -6.12. The summed E-state index contributed by atoms with van der Waals surface area (Å²) in [5.74, 6) is -2.21. The molecule has 5 aromatic carbocycles. The molecule has 4 aliphatic heterocycles. The van der Waals surface area contributed by atoms with E-state index in [-0.39, 0.29) is 64.8 Å². The Morgan fingerprint density at radius 3 is 2.09 bits per heavy atom. The van der Waals surface area contributed by atoms with E-state index in [1.165, 1.54) is 28.8 Å². The minimum absolute atomic E-state index is 0.0136. The Bertz CT molecular complexity index is 4340. The van der Waals surface area contributed by atoms with Gasteiger partial charge in [-0.15, -0.1) is 23.1 Å². The number of hydrogen-bond acceptors (Lipinski definition) is 22. The van der Waals surface area contributed by atoms with Crippen LogP contribution in [0.3, 0.4) is 0 Å². The number of nitrogens with zero attached hydrogens (tertiary/aromatic N) is 6. The first kappa shape index (κ1) is 83.7. The van der Waals surface area contributed by atoms with Crippen molar-refractivity contribution in [1.29, 1.82) is 0 Å². The van der Waals surface area contributed by atoms with Gasteiger partial charge in [0.1, 0.15) is 30.2 Å². The van der Waals surface area contributed by atoms with Gasteiger partial charge in [-0.3, -0.25) is 29.0 Å². The Morgan fingerprint density at radius 2 is 1.44 bits per heavy atom. The van der Waals surface area contributed by atoms with Gasteiger partial charge in [-0.05, 0) is 127 Å². The van der Waals surface area contributed by atoms with E-state index in [0.717, 1.165) is 61.1 Å². The van der Waals surface area contributed by atoms with Crippen LogP contribution in [0.25, 0.3) is 16.0 Å². The largest absolute Gasteiger partial charge is 0.501 e. The number of aliphatic hydroxyl groups is 1. The number of alkyl halides is 3. The standard InChI is InChI=1S/C76H94ClF3N10O15S4/c1-51(53-11-13-55(14-12-53)69-52(2)81-50-107-69)82-72(94)66-43-61(91)47-90(66)73(95)70(75(3,4)5)84-68(92)48-104-40-39-102-37-38-103-41-42-105-74(96)89-28-26-64(54-15-19-58(77)20-16-54)57(46-89)45-87-29-31-88(32-30-87)60-21-17-56(18-22-60)71(93)85-109(99,100)63-23-24-65(67(44-63)108(97,98)76(78,79)80)83-59(25-27-86-33-35-101-36-34-86)49-106-62-9-7-6-8-10-62/h6-24,44,50-51,59,61,66,70,83,91H,25-43,45-49H2,1-5H3,(H,82,94)(H,84,92)(H,85,93)/t51-,59+,61+,66-,70+/m0/s1. The van der Waals surface area contributed by atoms with Crippen LogP contribution < -0.4 is 25.6 Å². The molecule has 590 valence electrons. The average molecular weight is 1610 g/mol. The number of benzene rings is 5. The lowest BCUT2D eigenvalue weighted by molar-refractivity contribution is -0.144. The molecule has 0 radical (unpaired) electrons. The van der Waals surface area contributed by atoms with Crippen molar-refractivity contribution < 1.29 is 82.8 Å². The molecule has 10 rings (SSSR count). The number of rotatable bonds is 33. The Kier molecular flexibility index (Phi) is 29.6. The van der Waals surface area contributed by atoms with Crippen LogP contribution >= 0.6 is 34.7 Å². The summed E-state index contributed by atoms with van der Waals surface area (Å²) in [6.45, 7) is 15.9. The molecule has 1 aromatic heterocycles. The maximum Gasteiger partial charge on any atom is 0.501 e. The van der Waals surface area contributed by atoms with Crippen molar-refractivity contribution in [2.24, 2.45) is 5.41 Å². The number of aliphatic hydroxyl groups excluding tert-OH is 1. The first-order valence-electron chi connectivity index (χ1n) is 36.1. The molecular weight excluding hydrogens is 1510 g/mol. The number of morpholine rings is 1. The second-order valence-corrected chi connectivity index (χ2v) is 34.1. The Morgan fingerprint density at radius 1 is 0.780 bits per heavy atom. The van der Waals surface area contributed by atoms with Crippen molar-refractivity contribution in [1.82, 2.24) is 39.9 Å². The fourth-order valence-corrected chi connectivity index (χ4v) is 17.1. The molecule has 33 heteroatoms. The van der Waals surface area contributed by atoms with E-state index in [4.69, 9.17) is 35.3 Å². The SMILES string of the molecule is Cc1ncsc1-c1ccc([C@H](C)NC(=O)[C@@H]2C[C@@H](O)CN2C(=O)[C@@H](NC(=O)COCCOCCOCCOC(=O)N2CCC(c3ccc(Cl)cc3)=C(CN3CCN(c4ccc(C(=O)NS(=O)(=O)c5ccc(N[C@H](CCN6CCOCC6)CSc6ccccc6)c(S(=O)(=O)C(F)(F)F)c5)cc4)CC3)C2)C(C)(C)C)cc1. The van der Waals surface area contributed by atoms with Crippen LogP contribution in [0.1, 0.15) is 80.2 Å². The molecule has 5 amide bonds. The topological polar surface area (TPSA) is 297 Å². The first-order chi connectivity index (χ1) is 52.0. The van der Waals surface area contributed by atoms with Gasteiger partial charge in [-0.25, -0.2) is 31.3 Å². The number of hydrogen-bond donors (Lipinski definition) is 5. The van der Waals surface area contributed by atoms with Crippen LogP contribution in [-0.4, -0.2) is 243 Å². The molecule has 25 nitrogen and oxygen atoms in total. The smallest absolute Gasteiger partial charge is 0.447 e. The number of amides is 5. The molecule has 5 N–H and O–H groups in total. The maximum absolute atomic E-state index is 14.4. The van der Waals surface area contributed by atoms with Crippen LogP contribution in [0.5, 0.6) is 0 Å². The fraction of sp³-hybridized carbons (Fsp3) is 0.474. The molecule has 6 aromatic rings. The molecule has 5 atom stereocenters. The van der Waals surface area contributed by atoms with Crippen molar-refractivity contribution in [2.45, 2.75) is 104 Å². The number of β-amino-alcohol motifs (C(OH)–C–C–N with tert-alkyl or cyclic N) is 1. The third kappa shape index (κ3) is 23.2. The second kappa shape index (κ2) is 38.5. The summed E-state index contributed by atoms with van der Waals surface area (Å²) >= 11 is 9.27. The minimum Gasteiger partial charge on any atom is -0.447 e. The number of likely N-dealkylation sites (tertiary alicyclic amines) is 1. The van der Waals surface area contributed by atoms with Gasteiger partial charge in [0.15, 0.2) is 0 Å². The number of sulfone groups is 1. The number of carbonyl (C=O) groups is 5. The summed E-state index contributed by atoms with van der Waals surface area (Å²) in [6.07, 6.45) is -0.419. The van der Waals surface area contributed by atoms with Gasteiger partial charge >= 0.3 is 11.6 Å². The highest BCUT2D eigenvalue weighted by Gasteiger charge is 2.49. The molecule has 0 bridgehead atoms. The van der Waals surface area contributed by atoms with Crippen molar-refractivity contribution in [3.63, 3.8) is 0 Å². The molecule has 3 saturated heterocycles. The number of aryl methyl sites for hydroxylation is 1. The van der Waals surface area contributed by atoms with Gasteiger partial charge in [0.05, 0.1) is 85.1 Å². The lowest BCUT2D eigenvalue weighted by atomic mass is 9.85. The molecule has 4 aliphatic rings. The van der Waals surface area contributed by atoms with Gasteiger partial charge in [0.25, 0.3) is 25.8 Å². The van der Waals surface area contributed by atoms with E-state index in [9.17, 15) is 59.1 Å². The number of sulfonamides is 1. The summed E-state index contributed by atoms with van der Waals surface area (Å²) in [4.78, 5) is 81.8. The number of nitrogens with one attached hydrogen (secondary N) is 4. The predicted molar refractivity (Wildman–Crippen MR) is 411 cm³/mol.